The predicted molar refractivity (Wildman–Crippen MR) is 82.3 cm³/mol. The SMILES string of the molecule is Clc1ccncc1NC1CCN(c2ccccn2)CC1. The first kappa shape index (κ1) is 13.2. The van der Waals surface area contributed by atoms with Crippen molar-refractivity contribution in [3.8, 4) is 0 Å². The lowest BCUT2D eigenvalue weighted by molar-refractivity contribution is 0.523. The molecule has 5 heteroatoms. The number of anilines is 2. The fourth-order valence-corrected chi connectivity index (χ4v) is 2.66. The molecule has 1 N–H and O–H groups in total. The standard InChI is InChI=1S/C15H17ClN4/c16-13-4-8-17-11-14(13)19-12-5-9-20(10-6-12)15-3-1-2-7-18-15/h1-4,7-8,11-12,19H,5-6,9-10H2. The van der Waals surface area contributed by atoms with Crippen molar-refractivity contribution in [1.82, 2.24) is 9.97 Å². The molecule has 0 unspecified atom stereocenters. The van der Waals surface area contributed by atoms with E-state index in [4.69, 9.17) is 11.6 Å². The maximum atomic E-state index is 6.15. The Hall–Kier alpha value is -1.81. The van der Waals surface area contributed by atoms with Crippen LogP contribution in [0.15, 0.2) is 42.9 Å². The zero-order chi connectivity index (χ0) is 13.8. The number of aromatic nitrogens is 2. The summed E-state index contributed by atoms with van der Waals surface area (Å²) >= 11 is 6.15. The van der Waals surface area contributed by atoms with Gasteiger partial charge in [-0.15, -0.1) is 0 Å². The molecule has 20 heavy (non-hydrogen) atoms. The Kier molecular flexibility index (Phi) is 4.02. The Bertz CT molecular complexity index is 553. The van der Waals surface area contributed by atoms with Crippen molar-refractivity contribution in [2.75, 3.05) is 23.3 Å². The van der Waals surface area contributed by atoms with Crippen LogP contribution in [-0.4, -0.2) is 29.1 Å². The van der Waals surface area contributed by atoms with E-state index < -0.39 is 0 Å². The van der Waals surface area contributed by atoms with Crippen molar-refractivity contribution < 1.29 is 0 Å². The van der Waals surface area contributed by atoms with Gasteiger partial charge >= 0.3 is 0 Å². The quantitative estimate of drug-likeness (QED) is 0.941. The highest BCUT2D eigenvalue weighted by atomic mass is 35.5. The highest BCUT2D eigenvalue weighted by Crippen LogP contribution is 2.24. The lowest BCUT2D eigenvalue weighted by atomic mass is 10.0. The van der Waals surface area contributed by atoms with Gasteiger partial charge in [0.1, 0.15) is 5.82 Å². The number of halogens is 1. The average Bonchev–Trinajstić information content (AvgIpc) is 2.51. The van der Waals surface area contributed by atoms with Crippen LogP contribution in [0.2, 0.25) is 5.02 Å². The summed E-state index contributed by atoms with van der Waals surface area (Å²) in [5, 5.41) is 4.21. The minimum atomic E-state index is 0.441. The number of rotatable bonds is 3. The van der Waals surface area contributed by atoms with E-state index in [2.05, 4.69) is 26.3 Å². The third-order valence-corrected chi connectivity index (χ3v) is 3.93. The molecule has 0 radical (unpaired) electrons. The Morgan fingerprint density at radius 3 is 2.70 bits per heavy atom. The number of hydrogen-bond acceptors (Lipinski definition) is 4. The molecule has 2 aromatic heterocycles. The lowest BCUT2D eigenvalue weighted by Crippen LogP contribution is -2.39. The van der Waals surface area contributed by atoms with Gasteiger partial charge < -0.3 is 10.2 Å². The van der Waals surface area contributed by atoms with Gasteiger partial charge in [0.05, 0.1) is 16.9 Å². The van der Waals surface area contributed by atoms with Crippen LogP contribution in [0.4, 0.5) is 11.5 Å². The molecule has 0 aromatic carbocycles. The van der Waals surface area contributed by atoms with Crippen molar-refractivity contribution in [3.05, 3.63) is 47.9 Å². The van der Waals surface area contributed by atoms with Gasteiger partial charge in [-0.1, -0.05) is 17.7 Å². The Labute approximate surface area is 123 Å². The van der Waals surface area contributed by atoms with Gasteiger partial charge in [0.15, 0.2) is 0 Å². The van der Waals surface area contributed by atoms with Crippen LogP contribution in [0, 0.1) is 0 Å². The third-order valence-electron chi connectivity index (χ3n) is 3.60. The van der Waals surface area contributed by atoms with Crippen molar-refractivity contribution in [3.63, 3.8) is 0 Å². The first-order chi connectivity index (χ1) is 9.83. The van der Waals surface area contributed by atoms with Crippen LogP contribution >= 0.6 is 11.6 Å². The zero-order valence-electron chi connectivity index (χ0n) is 11.2. The van der Waals surface area contributed by atoms with E-state index in [-0.39, 0.29) is 0 Å². The van der Waals surface area contributed by atoms with Crippen LogP contribution < -0.4 is 10.2 Å². The molecular formula is C15H17ClN4. The van der Waals surface area contributed by atoms with E-state index in [1.807, 2.05) is 24.4 Å². The van der Waals surface area contributed by atoms with Gasteiger partial charge in [-0.2, -0.15) is 0 Å². The van der Waals surface area contributed by atoms with Crippen LogP contribution in [0.1, 0.15) is 12.8 Å². The minimum absolute atomic E-state index is 0.441. The Morgan fingerprint density at radius 2 is 2.00 bits per heavy atom. The van der Waals surface area contributed by atoms with Crippen molar-refractivity contribution in [1.29, 1.82) is 0 Å². The maximum Gasteiger partial charge on any atom is 0.128 e. The van der Waals surface area contributed by atoms with Gasteiger partial charge in [0.2, 0.25) is 0 Å². The number of piperidine rings is 1. The summed E-state index contributed by atoms with van der Waals surface area (Å²) in [6, 6.07) is 8.29. The molecule has 0 amide bonds. The first-order valence-electron chi connectivity index (χ1n) is 6.85. The first-order valence-corrected chi connectivity index (χ1v) is 7.23. The molecule has 3 rings (SSSR count). The largest absolute Gasteiger partial charge is 0.380 e. The fourth-order valence-electron chi connectivity index (χ4n) is 2.50. The molecule has 1 saturated heterocycles. The van der Waals surface area contributed by atoms with Crippen molar-refractivity contribution in [2.24, 2.45) is 0 Å². The molecule has 3 heterocycles. The summed E-state index contributed by atoms with van der Waals surface area (Å²) < 4.78 is 0. The van der Waals surface area contributed by atoms with Gasteiger partial charge in [-0.3, -0.25) is 4.98 Å². The van der Waals surface area contributed by atoms with Gasteiger partial charge in [-0.25, -0.2) is 4.98 Å². The van der Waals surface area contributed by atoms with E-state index in [0.29, 0.717) is 6.04 Å². The molecule has 2 aromatic rings. The summed E-state index contributed by atoms with van der Waals surface area (Å²) in [5.74, 6) is 1.06. The van der Waals surface area contributed by atoms with Crippen molar-refractivity contribution >= 4 is 23.1 Å². The minimum Gasteiger partial charge on any atom is -0.380 e. The number of nitrogens with zero attached hydrogens (tertiary/aromatic N) is 3. The van der Waals surface area contributed by atoms with Gasteiger partial charge in [0.25, 0.3) is 0 Å². The molecule has 104 valence electrons. The highest BCUT2D eigenvalue weighted by molar-refractivity contribution is 6.33. The van der Waals surface area contributed by atoms with Crippen molar-refractivity contribution in [2.45, 2.75) is 18.9 Å². The van der Waals surface area contributed by atoms with Gasteiger partial charge in [-0.05, 0) is 31.0 Å². The molecule has 1 fully saturated rings. The number of hydrogen-bond donors (Lipinski definition) is 1. The van der Waals surface area contributed by atoms with E-state index in [9.17, 15) is 0 Å². The smallest absolute Gasteiger partial charge is 0.128 e. The number of nitrogens with one attached hydrogen (secondary N) is 1. The molecular weight excluding hydrogens is 272 g/mol. The van der Waals surface area contributed by atoms with Crippen LogP contribution in [0.25, 0.3) is 0 Å². The van der Waals surface area contributed by atoms with Crippen LogP contribution in [0.5, 0.6) is 0 Å². The van der Waals surface area contributed by atoms with E-state index in [1.54, 1.807) is 12.4 Å². The molecule has 0 bridgehead atoms. The molecule has 0 spiro atoms. The summed E-state index contributed by atoms with van der Waals surface area (Å²) in [6.45, 7) is 2.01. The highest BCUT2D eigenvalue weighted by Gasteiger charge is 2.20. The zero-order valence-corrected chi connectivity index (χ0v) is 11.9. The average molecular weight is 289 g/mol. The maximum absolute atomic E-state index is 6.15. The molecule has 0 atom stereocenters. The second-order valence-electron chi connectivity index (χ2n) is 4.95. The fraction of sp³-hybridized carbons (Fsp3) is 0.333. The molecule has 1 aliphatic rings. The second-order valence-corrected chi connectivity index (χ2v) is 5.36. The summed E-state index contributed by atoms with van der Waals surface area (Å²) in [5.41, 5.74) is 0.922. The summed E-state index contributed by atoms with van der Waals surface area (Å²) in [4.78, 5) is 10.8. The summed E-state index contributed by atoms with van der Waals surface area (Å²) in [7, 11) is 0. The van der Waals surface area contributed by atoms with E-state index >= 15 is 0 Å². The second kappa shape index (κ2) is 6.09. The van der Waals surface area contributed by atoms with E-state index in [0.717, 1.165) is 42.5 Å². The Balaban J connectivity index is 1.58. The molecule has 0 aliphatic carbocycles. The topological polar surface area (TPSA) is 41.1 Å². The van der Waals surface area contributed by atoms with Crippen LogP contribution in [0.3, 0.4) is 0 Å². The van der Waals surface area contributed by atoms with Crippen LogP contribution in [-0.2, 0) is 0 Å². The van der Waals surface area contributed by atoms with Gasteiger partial charge in [0, 0.05) is 31.5 Å². The Morgan fingerprint density at radius 1 is 1.15 bits per heavy atom. The summed E-state index contributed by atoms with van der Waals surface area (Å²) in [6.07, 6.45) is 7.48. The molecule has 0 saturated carbocycles. The number of pyridine rings is 2. The van der Waals surface area contributed by atoms with E-state index in [1.165, 1.54) is 0 Å². The third kappa shape index (κ3) is 3.02. The molecule has 1 aliphatic heterocycles. The molecule has 4 nitrogen and oxygen atoms in total. The monoisotopic (exact) mass is 288 g/mol. The lowest BCUT2D eigenvalue weighted by Gasteiger charge is -2.33. The predicted octanol–water partition coefficient (Wildman–Crippen LogP) is 3.21. The normalized spacial score (nSPS) is 16.1.